The second kappa shape index (κ2) is 7.01. The Kier molecular flexibility index (Phi) is 4.30. The maximum Gasteiger partial charge on any atom is 0.252 e. The van der Waals surface area contributed by atoms with Gasteiger partial charge in [0.1, 0.15) is 6.04 Å². The molecule has 5 rings (SSSR count). The van der Waals surface area contributed by atoms with Crippen LogP contribution in [0.4, 0.5) is 0 Å². The Balaban J connectivity index is 1.60. The quantitative estimate of drug-likeness (QED) is 0.545. The number of carbonyl (C=O) groups is 1. The van der Waals surface area contributed by atoms with Crippen molar-refractivity contribution in [3.8, 4) is 5.82 Å². The number of nitrogens with zero attached hydrogens (tertiary/aromatic N) is 6. The van der Waals surface area contributed by atoms with E-state index in [2.05, 4.69) is 25.5 Å². The Hall–Kier alpha value is -3.62. The van der Waals surface area contributed by atoms with E-state index in [9.17, 15) is 4.79 Å². The highest BCUT2D eigenvalue weighted by Crippen LogP contribution is 2.40. The van der Waals surface area contributed by atoms with Gasteiger partial charge in [0.25, 0.3) is 5.91 Å². The molecule has 0 aromatic carbocycles. The van der Waals surface area contributed by atoms with Crippen LogP contribution in [0.25, 0.3) is 16.9 Å². The first-order valence-corrected chi connectivity index (χ1v) is 9.94. The molecule has 152 valence electrons. The number of pyridine rings is 2. The fourth-order valence-corrected chi connectivity index (χ4v) is 3.54. The molecule has 4 heterocycles. The minimum Gasteiger partial charge on any atom is -0.340 e. The lowest BCUT2D eigenvalue weighted by Gasteiger charge is -2.12. The van der Waals surface area contributed by atoms with Gasteiger partial charge in [-0.1, -0.05) is 11.2 Å². The van der Waals surface area contributed by atoms with Crippen LogP contribution in [-0.2, 0) is 0 Å². The molecule has 1 N–H and O–H groups in total. The van der Waals surface area contributed by atoms with Crippen LogP contribution in [0.15, 0.2) is 35.0 Å². The van der Waals surface area contributed by atoms with Gasteiger partial charge < -0.3 is 9.84 Å². The summed E-state index contributed by atoms with van der Waals surface area (Å²) >= 11 is 0. The van der Waals surface area contributed by atoms with Gasteiger partial charge in [-0.25, -0.2) is 9.97 Å². The van der Waals surface area contributed by atoms with Crippen LogP contribution in [0, 0.1) is 13.8 Å². The lowest BCUT2D eigenvalue weighted by molar-refractivity contribution is 0.0934. The Morgan fingerprint density at radius 2 is 2.10 bits per heavy atom. The van der Waals surface area contributed by atoms with E-state index in [1.54, 1.807) is 17.8 Å². The number of hydrogen-bond donors (Lipinski definition) is 1. The highest BCUT2D eigenvalue weighted by Gasteiger charge is 2.29. The normalized spacial score (nSPS) is 14.8. The molecule has 30 heavy (non-hydrogen) atoms. The molecule has 1 fully saturated rings. The molecule has 1 atom stereocenters. The summed E-state index contributed by atoms with van der Waals surface area (Å²) < 4.78 is 6.90. The molecule has 9 nitrogen and oxygen atoms in total. The number of amides is 1. The second-order valence-corrected chi connectivity index (χ2v) is 7.63. The van der Waals surface area contributed by atoms with Crippen molar-refractivity contribution in [2.75, 3.05) is 0 Å². The van der Waals surface area contributed by atoms with E-state index < -0.39 is 6.04 Å². The van der Waals surface area contributed by atoms with E-state index in [4.69, 9.17) is 9.51 Å². The molecular weight excluding hydrogens is 382 g/mol. The summed E-state index contributed by atoms with van der Waals surface area (Å²) in [5.74, 6) is 1.72. The molecular formula is C21H21N7O2. The highest BCUT2D eigenvalue weighted by molar-refractivity contribution is 6.07. The summed E-state index contributed by atoms with van der Waals surface area (Å²) in [7, 11) is 0. The fourth-order valence-electron chi connectivity index (χ4n) is 3.54. The third kappa shape index (κ3) is 3.22. The first kappa shape index (κ1) is 18.4. The molecule has 0 radical (unpaired) electrons. The Bertz CT molecular complexity index is 1240. The van der Waals surface area contributed by atoms with Gasteiger partial charge in [0, 0.05) is 17.8 Å². The maximum absolute atomic E-state index is 13.3. The average Bonchev–Trinajstić information content (AvgIpc) is 3.43. The zero-order valence-electron chi connectivity index (χ0n) is 17.0. The van der Waals surface area contributed by atoms with Crippen molar-refractivity contribution in [1.29, 1.82) is 0 Å². The number of rotatable bonds is 5. The van der Waals surface area contributed by atoms with E-state index in [0.717, 1.165) is 29.6 Å². The van der Waals surface area contributed by atoms with Gasteiger partial charge in [-0.2, -0.15) is 14.8 Å². The van der Waals surface area contributed by atoms with Gasteiger partial charge in [0.2, 0.25) is 5.89 Å². The van der Waals surface area contributed by atoms with Gasteiger partial charge in [0.05, 0.1) is 16.6 Å². The molecule has 1 aliphatic rings. The molecule has 9 heteroatoms. The van der Waals surface area contributed by atoms with Crippen LogP contribution in [-0.4, -0.2) is 35.8 Å². The third-order valence-electron chi connectivity index (χ3n) is 5.20. The van der Waals surface area contributed by atoms with Crippen molar-refractivity contribution >= 4 is 16.9 Å². The van der Waals surface area contributed by atoms with Crippen LogP contribution < -0.4 is 5.32 Å². The van der Waals surface area contributed by atoms with Crippen LogP contribution in [0.2, 0.25) is 0 Å². The van der Waals surface area contributed by atoms with Crippen molar-refractivity contribution in [2.24, 2.45) is 0 Å². The number of aromatic nitrogens is 6. The Morgan fingerprint density at radius 1 is 1.27 bits per heavy atom. The van der Waals surface area contributed by atoms with E-state index in [1.807, 2.05) is 38.1 Å². The maximum atomic E-state index is 13.3. The standard InChI is InChI=1S/C21H21N7O2/c1-11-18-15(20(29)23-12(2)21-24-13(3)27-30-21)10-16(14-7-8-14)25-19(18)28(26-11)17-6-4-5-9-22-17/h4-6,9-10,12,14H,7-8H2,1-3H3,(H,23,29). The monoisotopic (exact) mass is 403 g/mol. The minimum absolute atomic E-state index is 0.226. The van der Waals surface area contributed by atoms with Crippen molar-refractivity contribution in [2.45, 2.75) is 45.6 Å². The first-order valence-electron chi connectivity index (χ1n) is 9.94. The molecule has 4 aromatic heterocycles. The molecule has 0 saturated heterocycles. The van der Waals surface area contributed by atoms with E-state index in [0.29, 0.717) is 34.7 Å². The predicted octanol–water partition coefficient (Wildman–Crippen LogP) is 3.18. The average molecular weight is 403 g/mol. The molecule has 1 amide bonds. The number of fused-ring (bicyclic) bond motifs is 1. The van der Waals surface area contributed by atoms with Crippen LogP contribution in [0.5, 0.6) is 0 Å². The minimum atomic E-state index is -0.419. The van der Waals surface area contributed by atoms with Gasteiger partial charge in [-0.15, -0.1) is 0 Å². The number of aryl methyl sites for hydroxylation is 2. The van der Waals surface area contributed by atoms with E-state index >= 15 is 0 Å². The van der Waals surface area contributed by atoms with E-state index in [-0.39, 0.29) is 5.91 Å². The summed E-state index contributed by atoms with van der Waals surface area (Å²) in [4.78, 5) is 26.7. The summed E-state index contributed by atoms with van der Waals surface area (Å²) in [6.07, 6.45) is 3.87. The SMILES string of the molecule is Cc1noc(C(C)NC(=O)c2cc(C3CC3)nc3c2c(C)nn3-c2ccccn2)n1. The zero-order chi connectivity index (χ0) is 20.8. The predicted molar refractivity (Wildman–Crippen MR) is 108 cm³/mol. The molecule has 1 aliphatic carbocycles. The molecule has 1 saturated carbocycles. The van der Waals surface area contributed by atoms with E-state index in [1.165, 1.54) is 0 Å². The number of nitrogens with one attached hydrogen (secondary N) is 1. The van der Waals surface area contributed by atoms with Crippen molar-refractivity contribution in [3.63, 3.8) is 0 Å². The molecule has 0 bridgehead atoms. The van der Waals surface area contributed by atoms with Crippen LogP contribution >= 0.6 is 0 Å². The summed E-state index contributed by atoms with van der Waals surface area (Å²) in [6.45, 7) is 5.43. The highest BCUT2D eigenvalue weighted by atomic mass is 16.5. The molecule has 1 unspecified atom stereocenters. The Morgan fingerprint density at radius 3 is 2.77 bits per heavy atom. The second-order valence-electron chi connectivity index (χ2n) is 7.63. The zero-order valence-corrected chi connectivity index (χ0v) is 17.0. The first-order chi connectivity index (χ1) is 14.5. The Labute approximate surface area is 172 Å². The smallest absolute Gasteiger partial charge is 0.252 e. The molecule has 0 spiro atoms. The third-order valence-corrected chi connectivity index (χ3v) is 5.20. The van der Waals surface area contributed by atoms with Crippen molar-refractivity contribution in [3.05, 3.63) is 59.1 Å². The fraction of sp³-hybridized carbons (Fsp3) is 0.333. The van der Waals surface area contributed by atoms with Crippen molar-refractivity contribution in [1.82, 2.24) is 35.2 Å². The summed E-state index contributed by atoms with van der Waals surface area (Å²) in [5.41, 5.74) is 2.81. The van der Waals surface area contributed by atoms with Crippen LogP contribution in [0.3, 0.4) is 0 Å². The summed E-state index contributed by atoms with van der Waals surface area (Å²) in [5, 5.41) is 12.1. The lowest BCUT2D eigenvalue weighted by Crippen LogP contribution is -2.27. The lowest BCUT2D eigenvalue weighted by atomic mass is 10.1. The van der Waals surface area contributed by atoms with Gasteiger partial charge in [-0.3, -0.25) is 4.79 Å². The molecule has 0 aliphatic heterocycles. The van der Waals surface area contributed by atoms with Gasteiger partial charge >= 0.3 is 0 Å². The van der Waals surface area contributed by atoms with Crippen LogP contribution in [0.1, 0.15) is 65.2 Å². The number of carbonyl (C=O) groups excluding carboxylic acids is 1. The summed E-state index contributed by atoms with van der Waals surface area (Å²) in [6, 6.07) is 7.09. The van der Waals surface area contributed by atoms with Crippen molar-refractivity contribution < 1.29 is 9.32 Å². The topological polar surface area (TPSA) is 112 Å². The molecule has 4 aromatic rings. The van der Waals surface area contributed by atoms with Gasteiger partial charge in [0.15, 0.2) is 17.3 Å². The van der Waals surface area contributed by atoms with Gasteiger partial charge in [-0.05, 0) is 51.8 Å². The number of hydrogen-bond acceptors (Lipinski definition) is 7. The largest absolute Gasteiger partial charge is 0.340 e.